The lowest BCUT2D eigenvalue weighted by Crippen LogP contribution is -2.26. The summed E-state index contributed by atoms with van der Waals surface area (Å²) in [5, 5.41) is 3.75. The summed E-state index contributed by atoms with van der Waals surface area (Å²) in [6.45, 7) is 1.75. The normalized spacial score (nSPS) is 12.4. The van der Waals surface area contributed by atoms with Gasteiger partial charge >= 0.3 is 5.97 Å². The number of hydrogen-bond donors (Lipinski definition) is 1. The number of methoxy groups -OCH3 is 1. The zero-order valence-corrected chi connectivity index (χ0v) is 9.88. The topological polar surface area (TPSA) is 51.2 Å². The van der Waals surface area contributed by atoms with Crippen LogP contribution in [0.15, 0.2) is 24.3 Å². The molecule has 1 unspecified atom stereocenters. The number of para-hydroxylation sites is 1. The molecular weight excluding hydrogens is 224 g/mol. The van der Waals surface area contributed by atoms with Crippen LogP contribution in [0.2, 0.25) is 0 Å². The summed E-state index contributed by atoms with van der Waals surface area (Å²) < 4.78 is 5.73. The van der Waals surface area contributed by atoms with E-state index in [-0.39, 0.29) is 12.0 Å². The van der Waals surface area contributed by atoms with Gasteiger partial charge < -0.3 is 10.1 Å². The first-order valence-corrected chi connectivity index (χ1v) is 5.72. The average Bonchev–Trinajstić information content (AvgIpc) is 2.69. The Morgan fingerprint density at radius 1 is 1.50 bits per heavy atom. The molecule has 0 spiro atoms. The molecule has 1 N–H and O–H groups in total. The number of anilines is 1. The van der Waals surface area contributed by atoms with Crippen LogP contribution in [-0.2, 0) is 9.53 Å². The van der Waals surface area contributed by atoms with E-state index in [1.54, 1.807) is 6.92 Å². The first-order valence-electron chi connectivity index (χ1n) is 4.90. The van der Waals surface area contributed by atoms with E-state index in [9.17, 15) is 4.79 Å². The highest BCUT2D eigenvalue weighted by Crippen LogP contribution is 2.25. The lowest BCUT2D eigenvalue weighted by atomic mass is 10.3. The maximum Gasteiger partial charge on any atom is 0.328 e. The van der Waals surface area contributed by atoms with Crippen LogP contribution in [-0.4, -0.2) is 24.1 Å². The number of aromatic nitrogens is 1. The fourth-order valence-electron chi connectivity index (χ4n) is 1.35. The van der Waals surface area contributed by atoms with Crippen molar-refractivity contribution >= 4 is 32.7 Å². The Morgan fingerprint density at radius 2 is 2.25 bits per heavy atom. The third-order valence-corrected chi connectivity index (χ3v) is 3.16. The van der Waals surface area contributed by atoms with Crippen LogP contribution in [0.1, 0.15) is 6.92 Å². The Hall–Kier alpha value is -1.62. The molecule has 0 aliphatic rings. The number of ether oxygens (including phenoxy) is 1. The molecule has 1 atom stereocenters. The number of nitrogens with zero attached hydrogens (tertiary/aromatic N) is 1. The van der Waals surface area contributed by atoms with Gasteiger partial charge in [0, 0.05) is 0 Å². The molecule has 1 aromatic heterocycles. The van der Waals surface area contributed by atoms with Crippen LogP contribution in [0.5, 0.6) is 0 Å². The molecule has 16 heavy (non-hydrogen) atoms. The third-order valence-electron chi connectivity index (χ3n) is 2.19. The monoisotopic (exact) mass is 236 g/mol. The van der Waals surface area contributed by atoms with E-state index in [4.69, 9.17) is 0 Å². The van der Waals surface area contributed by atoms with Crippen molar-refractivity contribution in [1.82, 2.24) is 4.98 Å². The number of benzene rings is 1. The molecule has 0 bridgehead atoms. The lowest BCUT2D eigenvalue weighted by Gasteiger charge is -2.09. The largest absolute Gasteiger partial charge is 0.467 e. The molecule has 0 fully saturated rings. The van der Waals surface area contributed by atoms with E-state index < -0.39 is 0 Å². The van der Waals surface area contributed by atoms with Gasteiger partial charge in [0.15, 0.2) is 5.13 Å². The molecule has 0 amide bonds. The SMILES string of the molecule is COC(=O)C(C)Nc1nc2ccccc2s1. The molecule has 0 aliphatic heterocycles. The Labute approximate surface area is 97.3 Å². The first kappa shape index (κ1) is 10.9. The van der Waals surface area contributed by atoms with Crippen molar-refractivity contribution in [2.45, 2.75) is 13.0 Å². The van der Waals surface area contributed by atoms with Crippen LogP contribution in [0, 0.1) is 0 Å². The van der Waals surface area contributed by atoms with Crippen molar-refractivity contribution in [2.24, 2.45) is 0 Å². The lowest BCUT2D eigenvalue weighted by molar-refractivity contribution is -0.141. The zero-order valence-electron chi connectivity index (χ0n) is 9.06. The molecule has 1 aromatic carbocycles. The van der Waals surface area contributed by atoms with E-state index >= 15 is 0 Å². The molecule has 4 nitrogen and oxygen atoms in total. The van der Waals surface area contributed by atoms with E-state index in [2.05, 4.69) is 15.0 Å². The number of nitrogens with one attached hydrogen (secondary N) is 1. The predicted molar refractivity (Wildman–Crippen MR) is 64.7 cm³/mol. The second-order valence-corrected chi connectivity index (χ2v) is 4.41. The zero-order chi connectivity index (χ0) is 11.5. The maximum atomic E-state index is 11.2. The summed E-state index contributed by atoms with van der Waals surface area (Å²) in [6, 6.07) is 7.47. The van der Waals surface area contributed by atoms with Crippen molar-refractivity contribution < 1.29 is 9.53 Å². The number of carbonyl (C=O) groups excluding carboxylic acids is 1. The van der Waals surface area contributed by atoms with E-state index in [0.29, 0.717) is 0 Å². The summed E-state index contributed by atoms with van der Waals surface area (Å²) in [4.78, 5) is 15.6. The molecular formula is C11H12N2O2S. The fourth-order valence-corrected chi connectivity index (χ4v) is 2.31. The van der Waals surface area contributed by atoms with Crippen molar-refractivity contribution in [1.29, 1.82) is 0 Å². The van der Waals surface area contributed by atoms with Gasteiger partial charge in [0.25, 0.3) is 0 Å². The van der Waals surface area contributed by atoms with Gasteiger partial charge in [-0.25, -0.2) is 9.78 Å². The Bertz CT molecular complexity index is 476. The second kappa shape index (κ2) is 4.49. The predicted octanol–water partition coefficient (Wildman–Crippen LogP) is 2.27. The number of fused-ring (bicyclic) bond motifs is 1. The van der Waals surface area contributed by atoms with Gasteiger partial charge in [-0.3, -0.25) is 0 Å². The smallest absolute Gasteiger partial charge is 0.328 e. The van der Waals surface area contributed by atoms with Gasteiger partial charge in [-0.1, -0.05) is 23.5 Å². The van der Waals surface area contributed by atoms with E-state index in [1.807, 2.05) is 24.3 Å². The summed E-state index contributed by atoms with van der Waals surface area (Å²) >= 11 is 1.52. The molecule has 0 aliphatic carbocycles. The van der Waals surface area contributed by atoms with Gasteiger partial charge in [0.1, 0.15) is 6.04 Å². The minimum Gasteiger partial charge on any atom is -0.467 e. The standard InChI is InChI=1S/C11H12N2O2S/c1-7(10(14)15-2)12-11-13-8-5-3-4-6-9(8)16-11/h3-7H,1-2H3,(H,12,13). The molecule has 84 valence electrons. The molecule has 5 heteroatoms. The van der Waals surface area contributed by atoms with Crippen molar-refractivity contribution in [2.75, 3.05) is 12.4 Å². The van der Waals surface area contributed by atoms with E-state index in [0.717, 1.165) is 15.3 Å². The van der Waals surface area contributed by atoms with Gasteiger partial charge in [-0.2, -0.15) is 0 Å². The molecule has 0 saturated carbocycles. The second-order valence-electron chi connectivity index (χ2n) is 3.38. The van der Waals surface area contributed by atoms with Crippen molar-refractivity contribution in [3.8, 4) is 0 Å². The minimum absolute atomic E-state index is 0.292. The number of hydrogen-bond acceptors (Lipinski definition) is 5. The third kappa shape index (κ3) is 2.14. The summed E-state index contributed by atoms with van der Waals surface area (Å²) in [5.74, 6) is -0.292. The van der Waals surface area contributed by atoms with E-state index in [1.165, 1.54) is 18.4 Å². The molecule has 0 saturated heterocycles. The van der Waals surface area contributed by atoms with Gasteiger partial charge in [-0.05, 0) is 19.1 Å². The highest BCUT2D eigenvalue weighted by molar-refractivity contribution is 7.22. The summed E-state index contributed by atoms with van der Waals surface area (Å²) in [6.07, 6.45) is 0. The van der Waals surface area contributed by atoms with Crippen LogP contribution in [0.25, 0.3) is 10.2 Å². The Kier molecular flexibility index (Phi) is 3.05. The Balaban J connectivity index is 2.18. The average molecular weight is 236 g/mol. The van der Waals surface area contributed by atoms with Crippen molar-refractivity contribution in [3.63, 3.8) is 0 Å². The van der Waals surface area contributed by atoms with Crippen LogP contribution in [0.4, 0.5) is 5.13 Å². The first-order chi connectivity index (χ1) is 7.70. The van der Waals surface area contributed by atoms with Gasteiger partial charge in [0.05, 0.1) is 17.3 Å². The highest BCUT2D eigenvalue weighted by atomic mass is 32.1. The van der Waals surface area contributed by atoms with Crippen LogP contribution in [0.3, 0.4) is 0 Å². The summed E-state index contributed by atoms with van der Waals surface area (Å²) in [5.41, 5.74) is 0.937. The number of rotatable bonds is 3. The fraction of sp³-hybridized carbons (Fsp3) is 0.273. The van der Waals surface area contributed by atoms with Gasteiger partial charge in [-0.15, -0.1) is 0 Å². The van der Waals surface area contributed by atoms with Crippen LogP contribution < -0.4 is 5.32 Å². The Morgan fingerprint density at radius 3 is 2.94 bits per heavy atom. The number of thiazole rings is 1. The molecule has 2 aromatic rings. The van der Waals surface area contributed by atoms with Crippen molar-refractivity contribution in [3.05, 3.63) is 24.3 Å². The summed E-state index contributed by atoms with van der Waals surface area (Å²) in [7, 11) is 1.37. The quantitative estimate of drug-likeness (QED) is 0.831. The molecule has 2 rings (SSSR count). The maximum absolute atomic E-state index is 11.2. The molecule has 1 heterocycles. The van der Waals surface area contributed by atoms with Gasteiger partial charge in [0.2, 0.25) is 0 Å². The number of carbonyl (C=O) groups is 1. The minimum atomic E-state index is -0.384. The highest BCUT2D eigenvalue weighted by Gasteiger charge is 2.14. The number of esters is 1. The van der Waals surface area contributed by atoms with Crippen LogP contribution >= 0.6 is 11.3 Å². The molecule has 0 radical (unpaired) electrons.